The van der Waals surface area contributed by atoms with E-state index in [9.17, 15) is 9.18 Å². The van der Waals surface area contributed by atoms with E-state index in [4.69, 9.17) is 16.3 Å². The molecule has 0 saturated carbocycles. The average molecular weight is 425 g/mol. The van der Waals surface area contributed by atoms with Crippen molar-refractivity contribution in [2.45, 2.75) is 0 Å². The molecule has 152 valence electrons. The van der Waals surface area contributed by atoms with Crippen LogP contribution in [0.3, 0.4) is 0 Å². The van der Waals surface area contributed by atoms with Gasteiger partial charge in [-0.15, -0.1) is 0 Å². The first-order valence-corrected chi connectivity index (χ1v) is 9.62. The van der Waals surface area contributed by atoms with Crippen LogP contribution in [0, 0.1) is 5.82 Å². The molecule has 0 radical (unpaired) electrons. The molecule has 4 aromatic rings. The number of hydrogen-bond acceptors (Lipinski definition) is 4. The van der Waals surface area contributed by atoms with Gasteiger partial charge in [0.2, 0.25) is 0 Å². The lowest BCUT2D eigenvalue weighted by Gasteiger charge is -2.25. The first-order valence-electron chi connectivity index (χ1n) is 9.24. The molecular weight excluding hydrogens is 407 g/mol. The fraction of sp³-hybridized carbons (Fsp3) is 0.136. The molecule has 8 heteroatoms. The summed E-state index contributed by atoms with van der Waals surface area (Å²) in [6.45, 7) is 0.516. The lowest BCUT2D eigenvalue weighted by atomic mass is 10.1. The quantitative estimate of drug-likeness (QED) is 0.458. The third-order valence-corrected chi connectivity index (χ3v) is 4.87. The third-order valence-electron chi connectivity index (χ3n) is 4.63. The zero-order chi connectivity index (χ0) is 21.1. The molecule has 30 heavy (non-hydrogen) atoms. The normalized spacial score (nSPS) is 11.0. The number of benzene rings is 2. The van der Waals surface area contributed by atoms with E-state index in [1.807, 2.05) is 24.3 Å². The Hall–Kier alpha value is -3.29. The Morgan fingerprint density at radius 2 is 2.03 bits per heavy atom. The van der Waals surface area contributed by atoms with Gasteiger partial charge in [-0.3, -0.25) is 4.79 Å². The first kappa shape index (κ1) is 20.0. The van der Waals surface area contributed by atoms with E-state index in [2.05, 4.69) is 10.1 Å². The largest absolute Gasteiger partial charge is 0.383 e. The summed E-state index contributed by atoms with van der Waals surface area (Å²) in [5.74, 6) is -1.17. The van der Waals surface area contributed by atoms with Crippen LogP contribution in [-0.2, 0) is 4.74 Å². The summed E-state index contributed by atoms with van der Waals surface area (Å²) >= 11 is 5.84. The molecule has 0 aliphatic carbocycles. The van der Waals surface area contributed by atoms with Crippen LogP contribution in [0.1, 0.15) is 10.4 Å². The Kier molecular flexibility index (Phi) is 5.74. The van der Waals surface area contributed by atoms with Gasteiger partial charge in [0.05, 0.1) is 23.6 Å². The van der Waals surface area contributed by atoms with E-state index in [0.29, 0.717) is 17.0 Å². The standard InChI is InChI=1S/C22H18ClFN4O2/c1-30-12-11-27(22(29)16-8-7-15(23)13-18(16)24)20-6-3-2-5-17(20)19-14-21-25-9-4-10-28(21)26-19/h2-10,13-14H,11-12H2,1H3. The highest BCUT2D eigenvalue weighted by molar-refractivity contribution is 6.30. The van der Waals surface area contributed by atoms with E-state index in [0.717, 1.165) is 11.6 Å². The lowest BCUT2D eigenvalue weighted by Crippen LogP contribution is -2.35. The molecule has 0 aliphatic rings. The number of para-hydroxylation sites is 1. The highest BCUT2D eigenvalue weighted by atomic mass is 35.5. The number of ether oxygens (including phenoxy) is 1. The predicted octanol–water partition coefficient (Wildman–Crippen LogP) is 4.48. The van der Waals surface area contributed by atoms with E-state index >= 15 is 0 Å². The summed E-state index contributed by atoms with van der Waals surface area (Å²) in [5, 5.41) is 4.79. The highest BCUT2D eigenvalue weighted by Crippen LogP contribution is 2.32. The minimum Gasteiger partial charge on any atom is -0.383 e. The van der Waals surface area contributed by atoms with Crippen LogP contribution in [0.15, 0.2) is 67.0 Å². The van der Waals surface area contributed by atoms with Crippen LogP contribution >= 0.6 is 11.6 Å². The number of fused-ring (bicyclic) bond motifs is 1. The monoisotopic (exact) mass is 424 g/mol. The van der Waals surface area contributed by atoms with E-state index < -0.39 is 11.7 Å². The van der Waals surface area contributed by atoms with Crippen LogP contribution < -0.4 is 4.90 Å². The highest BCUT2D eigenvalue weighted by Gasteiger charge is 2.24. The summed E-state index contributed by atoms with van der Waals surface area (Å²) in [5.41, 5.74) is 2.58. The molecule has 0 atom stereocenters. The van der Waals surface area contributed by atoms with Crippen LogP contribution in [0.25, 0.3) is 16.9 Å². The minimum atomic E-state index is -0.677. The van der Waals surface area contributed by atoms with E-state index in [1.165, 1.54) is 17.0 Å². The average Bonchev–Trinajstić information content (AvgIpc) is 3.18. The van der Waals surface area contributed by atoms with Crippen molar-refractivity contribution in [3.05, 3.63) is 83.4 Å². The van der Waals surface area contributed by atoms with Crippen LogP contribution in [0.2, 0.25) is 5.02 Å². The Balaban J connectivity index is 1.81. The predicted molar refractivity (Wildman–Crippen MR) is 113 cm³/mol. The number of carbonyl (C=O) groups is 1. The Bertz CT molecular complexity index is 1180. The Labute approximate surface area is 177 Å². The van der Waals surface area contributed by atoms with Crippen molar-refractivity contribution in [2.75, 3.05) is 25.2 Å². The topological polar surface area (TPSA) is 59.7 Å². The second kappa shape index (κ2) is 8.61. The molecule has 4 rings (SSSR count). The van der Waals surface area contributed by atoms with Gasteiger partial charge in [-0.1, -0.05) is 29.8 Å². The number of amides is 1. The molecule has 0 unspecified atom stereocenters. The van der Waals surface area contributed by atoms with Crippen LogP contribution in [-0.4, -0.2) is 40.8 Å². The fourth-order valence-corrected chi connectivity index (χ4v) is 3.37. The van der Waals surface area contributed by atoms with Gasteiger partial charge < -0.3 is 9.64 Å². The molecule has 0 N–H and O–H groups in total. The summed E-state index contributed by atoms with van der Waals surface area (Å²) in [6.07, 6.45) is 3.48. The second-order valence-corrected chi connectivity index (χ2v) is 6.98. The van der Waals surface area contributed by atoms with Gasteiger partial charge in [0, 0.05) is 42.7 Å². The SMILES string of the molecule is COCCN(C(=O)c1ccc(Cl)cc1F)c1ccccc1-c1cc2ncccn2n1. The van der Waals surface area contributed by atoms with Gasteiger partial charge in [-0.05, 0) is 30.3 Å². The van der Waals surface area contributed by atoms with Gasteiger partial charge in [-0.25, -0.2) is 13.9 Å². The molecule has 0 fully saturated rings. The zero-order valence-electron chi connectivity index (χ0n) is 16.1. The maximum Gasteiger partial charge on any atom is 0.261 e. The maximum absolute atomic E-state index is 14.5. The maximum atomic E-state index is 14.5. The number of nitrogens with zero attached hydrogens (tertiary/aromatic N) is 4. The Morgan fingerprint density at radius 3 is 2.80 bits per heavy atom. The summed E-state index contributed by atoms with van der Waals surface area (Å²) < 4.78 is 21.3. The number of halogens is 2. The Morgan fingerprint density at radius 1 is 1.20 bits per heavy atom. The number of aromatic nitrogens is 3. The van der Waals surface area contributed by atoms with Crippen molar-refractivity contribution >= 4 is 28.8 Å². The fourth-order valence-electron chi connectivity index (χ4n) is 3.21. The summed E-state index contributed by atoms with van der Waals surface area (Å²) in [7, 11) is 1.55. The molecule has 2 heterocycles. The number of rotatable bonds is 6. The number of anilines is 1. The van der Waals surface area contributed by atoms with Crippen molar-refractivity contribution in [1.82, 2.24) is 14.6 Å². The smallest absolute Gasteiger partial charge is 0.261 e. The van der Waals surface area contributed by atoms with Crippen molar-refractivity contribution in [3.8, 4) is 11.3 Å². The molecule has 1 amide bonds. The van der Waals surface area contributed by atoms with Gasteiger partial charge in [-0.2, -0.15) is 5.10 Å². The van der Waals surface area contributed by atoms with E-state index in [-0.39, 0.29) is 23.7 Å². The van der Waals surface area contributed by atoms with Gasteiger partial charge >= 0.3 is 0 Å². The lowest BCUT2D eigenvalue weighted by molar-refractivity contribution is 0.0972. The van der Waals surface area contributed by atoms with Crippen molar-refractivity contribution in [3.63, 3.8) is 0 Å². The number of methoxy groups -OCH3 is 1. The van der Waals surface area contributed by atoms with Gasteiger partial charge in [0.25, 0.3) is 5.91 Å². The molecular formula is C22H18ClFN4O2. The molecule has 0 spiro atoms. The zero-order valence-corrected chi connectivity index (χ0v) is 16.9. The molecule has 6 nitrogen and oxygen atoms in total. The van der Waals surface area contributed by atoms with Crippen LogP contribution in [0.5, 0.6) is 0 Å². The number of carbonyl (C=O) groups excluding carboxylic acids is 1. The molecule has 0 bridgehead atoms. The van der Waals surface area contributed by atoms with Crippen molar-refractivity contribution in [2.24, 2.45) is 0 Å². The minimum absolute atomic E-state index is 0.0676. The first-order chi connectivity index (χ1) is 14.6. The molecule has 2 aromatic carbocycles. The van der Waals surface area contributed by atoms with Crippen molar-refractivity contribution in [1.29, 1.82) is 0 Å². The van der Waals surface area contributed by atoms with Crippen molar-refractivity contribution < 1.29 is 13.9 Å². The molecule has 2 aromatic heterocycles. The van der Waals surface area contributed by atoms with Crippen LogP contribution in [0.4, 0.5) is 10.1 Å². The van der Waals surface area contributed by atoms with Gasteiger partial charge in [0.1, 0.15) is 5.82 Å². The van der Waals surface area contributed by atoms with Gasteiger partial charge in [0.15, 0.2) is 5.65 Å². The second-order valence-electron chi connectivity index (χ2n) is 6.54. The van der Waals surface area contributed by atoms with E-state index in [1.54, 1.807) is 36.2 Å². The summed E-state index contributed by atoms with van der Waals surface area (Å²) in [4.78, 5) is 19.1. The third kappa shape index (κ3) is 3.90. The molecule has 0 aliphatic heterocycles. The molecule has 0 saturated heterocycles. The number of hydrogen-bond donors (Lipinski definition) is 0. The summed E-state index contributed by atoms with van der Waals surface area (Å²) in [6, 6.07) is 15.0.